The largest absolute Gasteiger partial charge is 0.476 e. The van der Waals surface area contributed by atoms with E-state index in [1.54, 1.807) is 16.7 Å². The Bertz CT molecular complexity index is 675. The molecule has 0 fully saturated rings. The van der Waals surface area contributed by atoms with Gasteiger partial charge in [-0.25, -0.2) is 14.2 Å². The van der Waals surface area contributed by atoms with E-state index in [1.807, 2.05) is 0 Å². The number of nitriles is 1. The van der Waals surface area contributed by atoms with Gasteiger partial charge < -0.3 is 15.0 Å². The van der Waals surface area contributed by atoms with Crippen LogP contribution in [-0.4, -0.2) is 27.2 Å². The molecule has 2 rings (SSSR count). The smallest absolute Gasteiger partial charge is 0.356 e. The third kappa shape index (κ3) is 2.92. The number of hydrogen-bond donors (Lipinski definition) is 2. The summed E-state index contributed by atoms with van der Waals surface area (Å²) in [6, 6.07) is 6.14. The number of aromatic carboxylic acids is 1. The fraction of sp³-hybridized carbons (Fsp3) is 0.154. The number of aromatic nitrogens is 2. The molecule has 0 atom stereocenters. The summed E-state index contributed by atoms with van der Waals surface area (Å²) in [5, 5.41) is 20.5. The van der Waals surface area contributed by atoms with E-state index in [4.69, 9.17) is 10.4 Å². The molecule has 0 saturated carbocycles. The van der Waals surface area contributed by atoms with Crippen molar-refractivity contribution in [1.29, 1.82) is 5.26 Å². The minimum Gasteiger partial charge on any atom is -0.476 e. The number of carboxylic acid groups (broad SMARTS) is 1. The lowest BCUT2D eigenvalue weighted by atomic mass is 10.2. The molecule has 0 aliphatic rings. The van der Waals surface area contributed by atoms with Gasteiger partial charge in [0.05, 0.1) is 12.0 Å². The predicted molar refractivity (Wildman–Crippen MR) is 68.8 cm³/mol. The molecule has 20 heavy (non-hydrogen) atoms. The van der Waals surface area contributed by atoms with E-state index in [1.165, 1.54) is 24.7 Å². The van der Waals surface area contributed by atoms with E-state index in [0.29, 0.717) is 18.8 Å². The van der Waals surface area contributed by atoms with Crippen LogP contribution in [0.4, 0.5) is 10.1 Å². The number of rotatable bonds is 5. The van der Waals surface area contributed by atoms with E-state index in [-0.39, 0.29) is 11.3 Å². The zero-order valence-electron chi connectivity index (χ0n) is 10.4. The molecule has 0 aliphatic carbocycles. The molecule has 2 N–H and O–H groups in total. The van der Waals surface area contributed by atoms with Crippen molar-refractivity contribution in [3.63, 3.8) is 0 Å². The Balaban J connectivity index is 1.98. The van der Waals surface area contributed by atoms with Crippen LogP contribution in [0, 0.1) is 17.1 Å². The number of benzene rings is 1. The molecule has 2 aromatic rings. The topological polar surface area (TPSA) is 90.9 Å². The minimum absolute atomic E-state index is 0.0338. The minimum atomic E-state index is -1.09. The maximum atomic E-state index is 13.3. The summed E-state index contributed by atoms with van der Waals surface area (Å²) in [5.41, 5.74) is 0.337. The first-order valence-electron chi connectivity index (χ1n) is 5.79. The van der Waals surface area contributed by atoms with Gasteiger partial charge in [0.1, 0.15) is 17.4 Å². The summed E-state index contributed by atoms with van der Waals surface area (Å²) < 4.78 is 14.9. The second kappa shape index (κ2) is 5.84. The Labute approximate surface area is 114 Å². The monoisotopic (exact) mass is 274 g/mol. The van der Waals surface area contributed by atoms with Crippen molar-refractivity contribution >= 4 is 11.7 Å². The Morgan fingerprint density at radius 2 is 2.35 bits per heavy atom. The zero-order chi connectivity index (χ0) is 14.5. The van der Waals surface area contributed by atoms with Gasteiger partial charge in [-0.1, -0.05) is 6.07 Å². The van der Waals surface area contributed by atoms with Crippen LogP contribution in [-0.2, 0) is 6.54 Å². The Morgan fingerprint density at radius 3 is 3.00 bits per heavy atom. The molecular weight excluding hydrogens is 263 g/mol. The van der Waals surface area contributed by atoms with Crippen LogP contribution in [0.25, 0.3) is 0 Å². The van der Waals surface area contributed by atoms with Gasteiger partial charge in [-0.3, -0.25) is 0 Å². The third-order valence-electron chi connectivity index (χ3n) is 2.66. The molecule has 0 saturated heterocycles. The average molecular weight is 274 g/mol. The number of halogens is 1. The van der Waals surface area contributed by atoms with E-state index in [0.717, 1.165) is 0 Å². The van der Waals surface area contributed by atoms with Crippen LogP contribution < -0.4 is 5.32 Å². The van der Waals surface area contributed by atoms with Crippen LogP contribution in [0.3, 0.4) is 0 Å². The number of hydrogen-bond acceptors (Lipinski definition) is 4. The summed E-state index contributed by atoms with van der Waals surface area (Å²) >= 11 is 0. The van der Waals surface area contributed by atoms with E-state index in [2.05, 4.69) is 10.3 Å². The van der Waals surface area contributed by atoms with Gasteiger partial charge in [0.2, 0.25) is 0 Å². The quantitative estimate of drug-likeness (QED) is 0.866. The molecule has 0 amide bonds. The normalized spacial score (nSPS) is 10.0. The number of carbonyl (C=O) groups is 1. The van der Waals surface area contributed by atoms with Gasteiger partial charge in [-0.2, -0.15) is 5.26 Å². The van der Waals surface area contributed by atoms with Crippen molar-refractivity contribution in [2.24, 2.45) is 0 Å². The van der Waals surface area contributed by atoms with Gasteiger partial charge in [0, 0.05) is 19.3 Å². The molecule has 0 aliphatic heterocycles. The van der Waals surface area contributed by atoms with Crippen LogP contribution in [0.1, 0.15) is 16.1 Å². The van der Waals surface area contributed by atoms with E-state index >= 15 is 0 Å². The number of imidazole rings is 1. The van der Waals surface area contributed by atoms with Crippen molar-refractivity contribution in [1.82, 2.24) is 9.55 Å². The fourth-order valence-corrected chi connectivity index (χ4v) is 1.70. The third-order valence-corrected chi connectivity index (χ3v) is 2.66. The van der Waals surface area contributed by atoms with Crippen molar-refractivity contribution in [2.75, 3.05) is 11.9 Å². The molecule has 102 valence electrons. The summed E-state index contributed by atoms with van der Waals surface area (Å²) in [6.45, 7) is 0.856. The standard InChI is InChI=1S/C13H11FN4O2/c14-10-2-1-3-11(9(10)6-15)16-4-5-18-7-12(13(19)20)17-8-18/h1-3,7-8,16H,4-5H2,(H,19,20). The van der Waals surface area contributed by atoms with Gasteiger partial charge in [-0.15, -0.1) is 0 Å². The molecule has 0 unspecified atom stereocenters. The molecule has 0 bridgehead atoms. The average Bonchev–Trinajstić information content (AvgIpc) is 2.88. The van der Waals surface area contributed by atoms with Gasteiger partial charge in [0.25, 0.3) is 0 Å². The molecular formula is C13H11FN4O2. The van der Waals surface area contributed by atoms with Crippen molar-refractivity contribution in [3.05, 3.63) is 47.8 Å². The molecule has 7 heteroatoms. The predicted octanol–water partition coefficient (Wildman–Crippen LogP) is 1.70. The summed E-state index contributed by atoms with van der Waals surface area (Å²) in [7, 11) is 0. The van der Waals surface area contributed by atoms with Crippen LogP contribution in [0.5, 0.6) is 0 Å². The molecule has 0 spiro atoms. The molecule has 1 aromatic heterocycles. The van der Waals surface area contributed by atoms with Gasteiger partial charge in [0.15, 0.2) is 5.69 Å². The fourth-order valence-electron chi connectivity index (χ4n) is 1.70. The van der Waals surface area contributed by atoms with E-state index in [9.17, 15) is 9.18 Å². The maximum absolute atomic E-state index is 13.3. The lowest BCUT2D eigenvalue weighted by molar-refractivity contribution is 0.0691. The summed E-state index contributed by atoms with van der Waals surface area (Å²) in [4.78, 5) is 14.4. The Kier molecular flexibility index (Phi) is 3.96. The molecule has 1 heterocycles. The van der Waals surface area contributed by atoms with Crippen LogP contribution >= 0.6 is 0 Å². The second-order valence-electron chi connectivity index (χ2n) is 4.00. The first-order valence-corrected chi connectivity index (χ1v) is 5.79. The zero-order valence-corrected chi connectivity index (χ0v) is 10.4. The lowest BCUT2D eigenvalue weighted by Crippen LogP contribution is -2.10. The number of nitrogens with one attached hydrogen (secondary N) is 1. The summed E-state index contributed by atoms with van der Waals surface area (Å²) in [5.74, 6) is -1.66. The highest BCUT2D eigenvalue weighted by atomic mass is 19.1. The molecule has 1 aromatic carbocycles. The Morgan fingerprint density at radius 1 is 1.55 bits per heavy atom. The number of carboxylic acids is 1. The van der Waals surface area contributed by atoms with Crippen LogP contribution in [0.2, 0.25) is 0 Å². The van der Waals surface area contributed by atoms with Crippen LogP contribution in [0.15, 0.2) is 30.7 Å². The Hall–Kier alpha value is -2.88. The highest BCUT2D eigenvalue weighted by molar-refractivity contribution is 5.84. The SMILES string of the molecule is N#Cc1c(F)cccc1NCCn1cnc(C(=O)O)c1. The van der Waals surface area contributed by atoms with Crippen molar-refractivity contribution in [3.8, 4) is 6.07 Å². The lowest BCUT2D eigenvalue weighted by Gasteiger charge is -2.08. The number of anilines is 1. The molecule has 0 radical (unpaired) electrons. The number of nitrogens with zero attached hydrogens (tertiary/aromatic N) is 3. The first kappa shape index (κ1) is 13.5. The van der Waals surface area contributed by atoms with Gasteiger partial charge >= 0.3 is 5.97 Å². The first-order chi connectivity index (χ1) is 9.61. The van der Waals surface area contributed by atoms with Crippen molar-refractivity contribution < 1.29 is 14.3 Å². The highest BCUT2D eigenvalue weighted by Gasteiger charge is 2.08. The highest BCUT2D eigenvalue weighted by Crippen LogP contribution is 2.17. The van der Waals surface area contributed by atoms with Crippen molar-refractivity contribution in [2.45, 2.75) is 6.54 Å². The summed E-state index contributed by atoms with van der Waals surface area (Å²) in [6.07, 6.45) is 2.81. The second-order valence-corrected chi connectivity index (χ2v) is 4.00. The maximum Gasteiger partial charge on any atom is 0.356 e. The van der Waals surface area contributed by atoms with Gasteiger partial charge in [-0.05, 0) is 12.1 Å². The molecule has 6 nitrogen and oxygen atoms in total. The van der Waals surface area contributed by atoms with E-state index < -0.39 is 11.8 Å².